The molecule has 2 aromatic carbocycles. The van der Waals surface area contributed by atoms with E-state index >= 15 is 0 Å². The van der Waals surface area contributed by atoms with Crippen molar-refractivity contribution in [3.63, 3.8) is 0 Å². The number of hydrogen-bond acceptors (Lipinski definition) is 4. The number of amides is 2. The maximum absolute atomic E-state index is 12.3. The van der Waals surface area contributed by atoms with Crippen LogP contribution in [0.25, 0.3) is 0 Å². The van der Waals surface area contributed by atoms with Crippen LogP contribution in [0.15, 0.2) is 54.6 Å². The molecule has 2 N–H and O–H groups in total. The smallest absolute Gasteiger partial charge is 0.326 e. The van der Waals surface area contributed by atoms with Crippen LogP contribution in [0.3, 0.4) is 0 Å². The van der Waals surface area contributed by atoms with E-state index in [0.29, 0.717) is 38.7 Å². The summed E-state index contributed by atoms with van der Waals surface area (Å²) < 4.78 is 10.9. The lowest BCUT2D eigenvalue weighted by atomic mass is 10.1. The third-order valence-corrected chi connectivity index (χ3v) is 4.51. The van der Waals surface area contributed by atoms with Crippen LogP contribution in [0.5, 0.6) is 5.75 Å². The first-order valence-corrected chi connectivity index (χ1v) is 9.23. The number of nitrogens with zero attached hydrogens (tertiary/aromatic N) is 1. The zero-order valence-electron chi connectivity index (χ0n) is 15.5. The molecular weight excluding hydrogens is 360 g/mol. The van der Waals surface area contributed by atoms with Gasteiger partial charge in [0.2, 0.25) is 0 Å². The Kier molecular flexibility index (Phi) is 6.86. The van der Waals surface area contributed by atoms with Gasteiger partial charge in [-0.1, -0.05) is 42.5 Å². The van der Waals surface area contributed by atoms with Crippen LogP contribution >= 0.6 is 0 Å². The van der Waals surface area contributed by atoms with Crippen LogP contribution in [0, 0.1) is 0 Å². The number of rotatable bonds is 7. The number of hydrogen-bond donors (Lipinski definition) is 2. The summed E-state index contributed by atoms with van der Waals surface area (Å²) in [5.74, 6) is -0.358. The van der Waals surface area contributed by atoms with Crippen LogP contribution in [-0.2, 0) is 22.6 Å². The van der Waals surface area contributed by atoms with Gasteiger partial charge in [0.05, 0.1) is 13.2 Å². The van der Waals surface area contributed by atoms with Crippen LogP contribution in [0.1, 0.15) is 11.1 Å². The number of aliphatic carboxylic acids is 1. The zero-order chi connectivity index (χ0) is 19.8. The molecule has 1 aliphatic rings. The molecule has 1 aliphatic heterocycles. The van der Waals surface area contributed by atoms with Gasteiger partial charge in [0, 0.05) is 19.5 Å². The maximum atomic E-state index is 12.3. The van der Waals surface area contributed by atoms with E-state index in [1.807, 2.05) is 42.5 Å². The summed E-state index contributed by atoms with van der Waals surface area (Å²) >= 11 is 0. The van der Waals surface area contributed by atoms with Crippen molar-refractivity contribution >= 4 is 12.0 Å². The SMILES string of the molecule is O=C(O)[C@H](Cc1ccc(OCc2ccccc2)cc1)NC(=O)N1CCOCC1. The van der Waals surface area contributed by atoms with Gasteiger partial charge in [0.1, 0.15) is 18.4 Å². The van der Waals surface area contributed by atoms with Crippen molar-refractivity contribution in [2.45, 2.75) is 19.1 Å². The molecule has 3 rings (SSSR count). The molecule has 0 spiro atoms. The summed E-state index contributed by atoms with van der Waals surface area (Å²) in [6.07, 6.45) is 0.199. The zero-order valence-corrected chi connectivity index (χ0v) is 15.5. The summed E-state index contributed by atoms with van der Waals surface area (Å²) in [7, 11) is 0. The Hall–Kier alpha value is -3.06. The number of urea groups is 1. The van der Waals surface area contributed by atoms with Gasteiger partial charge in [0.25, 0.3) is 0 Å². The van der Waals surface area contributed by atoms with Crippen LogP contribution in [-0.4, -0.2) is 54.4 Å². The maximum Gasteiger partial charge on any atom is 0.326 e. The highest BCUT2D eigenvalue weighted by atomic mass is 16.5. The average molecular weight is 384 g/mol. The lowest BCUT2D eigenvalue weighted by Crippen LogP contribution is -2.51. The average Bonchev–Trinajstić information content (AvgIpc) is 2.74. The Labute approximate surface area is 163 Å². The molecule has 0 unspecified atom stereocenters. The Morgan fingerprint density at radius 3 is 2.36 bits per heavy atom. The predicted octanol–water partition coefficient (Wildman–Crippen LogP) is 2.30. The highest BCUT2D eigenvalue weighted by Crippen LogP contribution is 2.15. The van der Waals surface area contributed by atoms with Gasteiger partial charge in [-0.25, -0.2) is 9.59 Å². The van der Waals surface area contributed by atoms with E-state index in [1.54, 1.807) is 17.0 Å². The second-order valence-electron chi connectivity index (χ2n) is 6.56. The van der Waals surface area contributed by atoms with Gasteiger partial charge >= 0.3 is 12.0 Å². The van der Waals surface area contributed by atoms with Crippen LogP contribution < -0.4 is 10.1 Å². The van der Waals surface area contributed by atoms with Gasteiger partial charge in [-0.05, 0) is 23.3 Å². The van der Waals surface area contributed by atoms with E-state index in [4.69, 9.17) is 9.47 Å². The molecule has 1 fully saturated rings. The first-order chi connectivity index (χ1) is 13.6. The lowest BCUT2D eigenvalue weighted by molar-refractivity contribution is -0.139. The summed E-state index contributed by atoms with van der Waals surface area (Å²) in [6.45, 7) is 2.33. The monoisotopic (exact) mass is 384 g/mol. The van der Waals surface area contributed by atoms with Gasteiger partial charge in [-0.2, -0.15) is 0 Å². The molecule has 1 heterocycles. The number of ether oxygens (including phenoxy) is 2. The van der Waals surface area contributed by atoms with Crippen LogP contribution in [0.4, 0.5) is 4.79 Å². The van der Waals surface area contributed by atoms with E-state index < -0.39 is 12.0 Å². The minimum absolute atomic E-state index is 0.199. The Bertz CT molecular complexity index is 773. The molecule has 1 saturated heterocycles. The number of carbonyl (C=O) groups is 2. The molecule has 7 heteroatoms. The molecule has 0 radical (unpaired) electrons. The van der Waals surface area contributed by atoms with Crippen LogP contribution in [0.2, 0.25) is 0 Å². The van der Waals surface area contributed by atoms with Gasteiger partial charge in [-0.3, -0.25) is 0 Å². The van der Waals surface area contributed by atoms with Crippen molar-refractivity contribution in [2.24, 2.45) is 0 Å². The molecule has 1 atom stereocenters. The van der Waals surface area contributed by atoms with Crippen molar-refractivity contribution in [2.75, 3.05) is 26.3 Å². The largest absolute Gasteiger partial charge is 0.489 e. The topological polar surface area (TPSA) is 88.1 Å². The third kappa shape index (κ3) is 5.72. The van der Waals surface area contributed by atoms with Gasteiger partial charge in [-0.15, -0.1) is 0 Å². The quantitative estimate of drug-likeness (QED) is 0.765. The standard InChI is InChI=1S/C21H24N2O5/c24-20(25)19(22-21(26)23-10-12-27-13-11-23)14-16-6-8-18(9-7-16)28-15-17-4-2-1-3-5-17/h1-9,19H,10-15H2,(H,22,26)(H,24,25)/t19-/m0/s1. The Morgan fingerprint density at radius 2 is 1.71 bits per heavy atom. The first-order valence-electron chi connectivity index (χ1n) is 9.23. The van der Waals surface area contributed by atoms with E-state index in [-0.39, 0.29) is 12.5 Å². The van der Waals surface area contributed by atoms with Gasteiger partial charge in [0.15, 0.2) is 0 Å². The predicted molar refractivity (Wildman–Crippen MR) is 103 cm³/mol. The number of benzene rings is 2. The van der Waals surface area contributed by atoms with E-state index in [0.717, 1.165) is 11.1 Å². The minimum atomic E-state index is -1.06. The summed E-state index contributed by atoms with van der Waals surface area (Å²) in [6, 6.07) is 15.7. The highest BCUT2D eigenvalue weighted by Gasteiger charge is 2.24. The normalized spacial score (nSPS) is 14.9. The van der Waals surface area contributed by atoms with Gasteiger partial charge < -0.3 is 24.8 Å². The molecule has 0 aliphatic carbocycles. The van der Waals surface area contributed by atoms with E-state index in [2.05, 4.69) is 5.32 Å². The molecular formula is C21H24N2O5. The van der Waals surface area contributed by atoms with E-state index in [1.165, 1.54) is 0 Å². The number of carboxylic acid groups (broad SMARTS) is 1. The highest BCUT2D eigenvalue weighted by molar-refractivity contribution is 5.82. The van der Waals surface area contributed by atoms with Crippen molar-refractivity contribution in [3.8, 4) is 5.75 Å². The summed E-state index contributed by atoms with van der Waals surface area (Å²) in [4.78, 5) is 25.4. The Morgan fingerprint density at radius 1 is 1.04 bits per heavy atom. The minimum Gasteiger partial charge on any atom is -0.489 e. The molecule has 0 aromatic heterocycles. The summed E-state index contributed by atoms with van der Waals surface area (Å²) in [5, 5.41) is 12.1. The fraction of sp³-hybridized carbons (Fsp3) is 0.333. The molecule has 0 bridgehead atoms. The number of nitrogens with one attached hydrogen (secondary N) is 1. The van der Waals surface area contributed by atoms with E-state index in [9.17, 15) is 14.7 Å². The number of carboxylic acids is 1. The summed E-state index contributed by atoms with van der Waals surface area (Å²) in [5.41, 5.74) is 1.88. The molecule has 2 amide bonds. The fourth-order valence-electron chi connectivity index (χ4n) is 2.91. The second kappa shape index (κ2) is 9.75. The second-order valence-corrected chi connectivity index (χ2v) is 6.56. The Balaban J connectivity index is 1.54. The first kappa shape index (κ1) is 19.7. The number of morpholine rings is 1. The fourth-order valence-corrected chi connectivity index (χ4v) is 2.91. The molecule has 28 heavy (non-hydrogen) atoms. The van der Waals surface area contributed by atoms with Crippen molar-refractivity contribution in [1.29, 1.82) is 0 Å². The van der Waals surface area contributed by atoms with Crippen molar-refractivity contribution in [3.05, 3.63) is 65.7 Å². The molecule has 2 aromatic rings. The van der Waals surface area contributed by atoms with Crippen molar-refractivity contribution < 1.29 is 24.2 Å². The third-order valence-electron chi connectivity index (χ3n) is 4.51. The number of carbonyl (C=O) groups excluding carboxylic acids is 1. The lowest BCUT2D eigenvalue weighted by Gasteiger charge is -2.28. The molecule has 7 nitrogen and oxygen atoms in total. The molecule has 148 valence electrons. The van der Waals surface area contributed by atoms with Crippen molar-refractivity contribution in [1.82, 2.24) is 10.2 Å². The molecule has 0 saturated carbocycles.